The fourth-order valence-electron chi connectivity index (χ4n) is 4.70. The zero-order valence-electron chi connectivity index (χ0n) is 23.4. The average molecular weight is 615 g/mol. The summed E-state index contributed by atoms with van der Waals surface area (Å²) in [7, 11) is 1.59. The van der Waals surface area contributed by atoms with Crippen LogP contribution in [0, 0.1) is 18.3 Å². The van der Waals surface area contributed by atoms with E-state index in [9.17, 15) is 19.6 Å². The molecule has 1 aromatic heterocycles. The highest BCUT2D eigenvalue weighted by Gasteiger charge is 2.32. The summed E-state index contributed by atoms with van der Waals surface area (Å²) < 4.78 is 1.88. The van der Waals surface area contributed by atoms with Gasteiger partial charge < -0.3 is 10.4 Å². The van der Waals surface area contributed by atoms with Crippen LogP contribution >= 0.6 is 35.6 Å². The number of aliphatic carboxylic acids is 1. The molecule has 2 aromatic rings. The number of unbranched alkanes of at least 4 members (excludes halogenated alkanes) is 7. The number of carbonyl (C=O) groups excluding carboxylic acids is 1. The van der Waals surface area contributed by atoms with Gasteiger partial charge in [0.1, 0.15) is 21.8 Å². The number of carboxylic acids is 1. The van der Waals surface area contributed by atoms with Gasteiger partial charge in [0.15, 0.2) is 0 Å². The van der Waals surface area contributed by atoms with E-state index >= 15 is 0 Å². The second-order valence-corrected chi connectivity index (χ2v) is 12.1. The van der Waals surface area contributed by atoms with Crippen molar-refractivity contribution < 1.29 is 14.7 Å². The number of nitrogens with zero attached hydrogens (tertiary/aromatic N) is 3. The van der Waals surface area contributed by atoms with Crippen molar-refractivity contribution in [2.24, 2.45) is 7.05 Å². The van der Waals surface area contributed by atoms with Crippen molar-refractivity contribution in [1.29, 1.82) is 5.26 Å². The number of thiocarbonyl (C=S) groups is 1. The fraction of sp³-hybridized carbons (Fsp3) is 0.433. The van der Waals surface area contributed by atoms with Crippen molar-refractivity contribution in [1.82, 2.24) is 9.47 Å². The lowest BCUT2D eigenvalue weighted by molar-refractivity contribution is -0.137. The summed E-state index contributed by atoms with van der Waals surface area (Å²) in [5.74, 6) is -0.431. The first-order valence-corrected chi connectivity index (χ1v) is 15.3. The van der Waals surface area contributed by atoms with Crippen molar-refractivity contribution in [2.75, 3.05) is 11.9 Å². The first-order chi connectivity index (χ1) is 19.6. The fourth-order valence-corrected chi connectivity index (χ4v) is 6.19. The number of amides is 1. The van der Waals surface area contributed by atoms with Gasteiger partial charge in [-0.1, -0.05) is 92.3 Å². The Kier molecular flexibility index (Phi) is 12.4. The molecule has 0 unspecified atom stereocenters. The van der Waals surface area contributed by atoms with E-state index in [-0.39, 0.29) is 17.9 Å². The molecule has 0 saturated carbocycles. The minimum absolute atomic E-state index is 0.0272. The van der Waals surface area contributed by atoms with Gasteiger partial charge in [0, 0.05) is 37.1 Å². The summed E-state index contributed by atoms with van der Waals surface area (Å²) in [4.78, 5) is 38.9. The number of halogens is 1. The van der Waals surface area contributed by atoms with Crippen LogP contribution in [0.25, 0.3) is 6.08 Å². The van der Waals surface area contributed by atoms with Gasteiger partial charge in [0.25, 0.3) is 11.5 Å². The number of rotatable bonds is 15. The Balaban J connectivity index is 1.67. The number of carboxylic acid groups (broad SMARTS) is 1. The van der Waals surface area contributed by atoms with Crippen LogP contribution in [0.3, 0.4) is 0 Å². The van der Waals surface area contributed by atoms with E-state index in [0.717, 1.165) is 56.9 Å². The molecule has 2 heterocycles. The quantitative estimate of drug-likeness (QED) is 0.130. The van der Waals surface area contributed by atoms with Crippen LogP contribution in [-0.4, -0.2) is 37.3 Å². The van der Waals surface area contributed by atoms with Crippen molar-refractivity contribution in [3.8, 4) is 6.07 Å². The standard InChI is InChI=1S/C30H35ClN4O4S2/c1-20-22(27(34(2)28(38)23(20)18-32)33-19-21-13-10-11-14-24(21)31)17-25-29(39)35(30(40)41-25)16-12-8-6-4-3-5-7-9-15-26(36)37/h10-11,13-14,17,33H,3-9,12,15-16,19H2,1-2H3,(H,36,37)/b25-17+. The molecule has 1 aromatic carbocycles. The molecule has 1 amide bonds. The lowest BCUT2D eigenvalue weighted by atomic mass is 10.0. The summed E-state index contributed by atoms with van der Waals surface area (Å²) in [5, 5.41) is 22.2. The molecule has 1 aliphatic rings. The van der Waals surface area contributed by atoms with Crippen molar-refractivity contribution in [3.05, 3.63) is 66.8 Å². The summed E-state index contributed by atoms with van der Waals surface area (Å²) in [6.45, 7) is 2.59. The topological polar surface area (TPSA) is 115 Å². The number of aromatic nitrogens is 1. The van der Waals surface area contributed by atoms with Gasteiger partial charge in [0.2, 0.25) is 0 Å². The number of benzene rings is 1. The van der Waals surface area contributed by atoms with Crippen LogP contribution < -0.4 is 10.9 Å². The van der Waals surface area contributed by atoms with Crippen LogP contribution in [-0.2, 0) is 23.2 Å². The molecule has 3 rings (SSSR count). The van der Waals surface area contributed by atoms with E-state index in [2.05, 4.69) is 5.32 Å². The molecule has 0 radical (unpaired) electrons. The Morgan fingerprint density at radius 2 is 1.76 bits per heavy atom. The zero-order chi connectivity index (χ0) is 29.9. The number of anilines is 1. The minimum Gasteiger partial charge on any atom is -0.481 e. The predicted octanol–water partition coefficient (Wildman–Crippen LogP) is 6.63. The molecule has 0 aliphatic carbocycles. The number of carbonyl (C=O) groups is 2. The molecule has 8 nitrogen and oxygen atoms in total. The number of hydrogen-bond donors (Lipinski definition) is 2. The Morgan fingerprint density at radius 3 is 2.39 bits per heavy atom. The molecule has 0 bridgehead atoms. The lowest BCUT2D eigenvalue weighted by Crippen LogP contribution is -2.29. The van der Waals surface area contributed by atoms with Gasteiger partial charge in [-0.25, -0.2) is 0 Å². The van der Waals surface area contributed by atoms with E-state index in [1.54, 1.807) is 31.0 Å². The number of nitrogens with one attached hydrogen (secondary N) is 1. The molecular weight excluding hydrogens is 580 g/mol. The molecule has 11 heteroatoms. The monoisotopic (exact) mass is 614 g/mol. The Hall–Kier alpha value is -3.13. The maximum absolute atomic E-state index is 13.3. The van der Waals surface area contributed by atoms with Gasteiger partial charge in [-0.3, -0.25) is 23.9 Å². The molecule has 1 aliphatic heterocycles. The Labute approximate surface area is 255 Å². The lowest BCUT2D eigenvalue weighted by Gasteiger charge is -2.18. The van der Waals surface area contributed by atoms with E-state index < -0.39 is 11.5 Å². The molecular formula is C30H35ClN4O4S2. The van der Waals surface area contributed by atoms with Gasteiger partial charge >= 0.3 is 5.97 Å². The maximum atomic E-state index is 13.3. The van der Waals surface area contributed by atoms with Gasteiger partial charge in [-0.05, 0) is 43.0 Å². The largest absolute Gasteiger partial charge is 0.481 e. The zero-order valence-corrected chi connectivity index (χ0v) is 25.8. The number of nitriles is 1. The van der Waals surface area contributed by atoms with Gasteiger partial charge in [-0.15, -0.1) is 0 Å². The third-order valence-electron chi connectivity index (χ3n) is 7.08. The molecule has 41 heavy (non-hydrogen) atoms. The molecule has 2 N–H and O–H groups in total. The maximum Gasteiger partial charge on any atom is 0.303 e. The Morgan fingerprint density at radius 1 is 1.12 bits per heavy atom. The number of hydrogen-bond acceptors (Lipinski definition) is 7. The van der Waals surface area contributed by atoms with Crippen LogP contribution in [0.2, 0.25) is 5.02 Å². The normalized spacial score (nSPS) is 14.1. The summed E-state index contributed by atoms with van der Waals surface area (Å²) in [5.41, 5.74) is 1.53. The third kappa shape index (κ3) is 8.68. The van der Waals surface area contributed by atoms with Gasteiger partial charge in [-0.2, -0.15) is 5.26 Å². The van der Waals surface area contributed by atoms with Crippen molar-refractivity contribution in [3.63, 3.8) is 0 Å². The molecule has 218 valence electrons. The SMILES string of the molecule is Cc1c(/C=C2/SC(=S)N(CCCCCCCCCCC(=O)O)C2=O)c(NCc2ccccc2Cl)n(C)c(=O)c1C#N. The highest BCUT2D eigenvalue weighted by Crippen LogP contribution is 2.35. The molecule has 0 spiro atoms. The van der Waals surface area contributed by atoms with Crippen LogP contribution in [0.1, 0.15) is 80.0 Å². The van der Waals surface area contributed by atoms with Gasteiger partial charge in [0.05, 0.1) is 4.91 Å². The van der Waals surface area contributed by atoms with E-state index in [0.29, 0.717) is 44.3 Å². The Bertz CT molecular complexity index is 1430. The van der Waals surface area contributed by atoms with E-state index in [1.807, 2.05) is 24.3 Å². The second kappa shape index (κ2) is 15.8. The third-order valence-corrected chi connectivity index (χ3v) is 8.82. The highest BCUT2D eigenvalue weighted by atomic mass is 35.5. The summed E-state index contributed by atoms with van der Waals surface area (Å²) >= 11 is 13.1. The van der Waals surface area contributed by atoms with Crippen LogP contribution in [0.15, 0.2) is 34.0 Å². The minimum atomic E-state index is -0.738. The number of thioether (sulfide) groups is 1. The molecule has 1 fully saturated rings. The highest BCUT2D eigenvalue weighted by molar-refractivity contribution is 8.26. The first-order valence-electron chi connectivity index (χ1n) is 13.7. The smallest absolute Gasteiger partial charge is 0.303 e. The second-order valence-electron chi connectivity index (χ2n) is 9.99. The van der Waals surface area contributed by atoms with E-state index in [4.69, 9.17) is 28.9 Å². The number of pyridine rings is 1. The van der Waals surface area contributed by atoms with Crippen molar-refractivity contribution >= 4 is 63.7 Å². The summed E-state index contributed by atoms with van der Waals surface area (Å²) in [6, 6.07) is 9.41. The average Bonchev–Trinajstić information content (AvgIpc) is 3.20. The molecule has 1 saturated heterocycles. The van der Waals surface area contributed by atoms with Crippen LogP contribution in [0.4, 0.5) is 5.82 Å². The summed E-state index contributed by atoms with van der Waals surface area (Å²) in [6.07, 6.45) is 9.70. The van der Waals surface area contributed by atoms with E-state index in [1.165, 1.54) is 16.3 Å². The van der Waals surface area contributed by atoms with Crippen LogP contribution in [0.5, 0.6) is 0 Å². The molecule has 0 atom stereocenters. The predicted molar refractivity (Wildman–Crippen MR) is 169 cm³/mol. The first kappa shape index (κ1) is 32.4. The van der Waals surface area contributed by atoms with Crippen molar-refractivity contribution in [2.45, 2.75) is 71.3 Å².